The lowest BCUT2D eigenvalue weighted by Gasteiger charge is -2.18. The third-order valence-corrected chi connectivity index (χ3v) is 3.76. The molecular weight excluding hydrogens is 192 g/mol. The standard InChI is InChI=1S/C16H12/c1-10-5-6-13-9-12-4-2-3-11-7-8-14(10)16(13)15(11)12/h2-10H,1H3. The summed E-state index contributed by atoms with van der Waals surface area (Å²) < 4.78 is 0. The zero-order valence-electron chi connectivity index (χ0n) is 9.20. The van der Waals surface area contributed by atoms with Crippen molar-refractivity contribution in [3.8, 4) is 0 Å². The molecule has 2 aromatic carbocycles. The Morgan fingerprint density at radius 3 is 2.94 bits per heavy atom. The molecule has 0 radical (unpaired) electrons. The summed E-state index contributed by atoms with van der Waals surface area (Å²) in [6.45, 7) is 2.27. The van der Waals surface area contributed by atoms with Crippen LogP contribution in [0.15, 0.2) is 42.5 Å². The zero-order chi connectivity index (χ0) is 10.7. The minimum atomic E-state index is 0.544. The largest absolute Gasteiger partial charge is 0.0766 e. The maximum Gasteiger partial charge on any atom is -0.0000721 e. The molecule has 4 rings (SSSR count). The number of hydrogen-bond acceptors (Lipinski definition) is 0. The molecule has 0 N–H and O–H groups in total. The van der Waals surface area contributed by atoms with Gasteiger partial charge in [0, 0.05) is 0 Å². The first kappa shape index (κ1) is 8.35. The average Bonchev–Trinajstić information content (AvgIpc) is 2.69. The van der Waals surface area contributed by atoms with Gasteiger partial charge in [-0.1, -0.05) is 49.4 Å². The first-order chi connectivity index (χ1) is 7.84. The van der Waals surface area contributed by atoms with Crippen LogP contribution >= 0.6 is 0 Å². The molecule has 0 aromatic heterocycles. The molecule has 2 aliphatic carbocycles. The van der Waals surface area contributed by atoms with Crippen LogP contribution in [0.5, 0.6) is 0 Å². The Bertz CT molecular complexity index is 672. The molecule has 1 unspecified atom stereocenters. The smallest absolute Gasteiger partial charge is 0.0000721 e. The van der Waals surface area contributed by atoms with Gasteiger partial charge >= 0.3 is 0 Å². The summed E-state index contributed by atoms with van der Waals surface area (Å²) in [7, 11) is 0. The highest BCUT2D eigenvalue weighted by Crippen LogP contribution is 2.44. The molecule has 1 atom stereocenters. The van der Waals surface area contributed by atoms with Gasteiger partial charge in [-0.3, -0.25) is 0 Å². The van der Waals surface area contributed by atoms with Gasteiger partial charge in [0.15, 0.2) is 0 Å². The first-order valence-electron chi connectivity index (χ1n) is 5.80. The van der Waals surface area contributed by atoms with Gasteiger partial charge in [0.25, 0.3) is 0 Å². The Morgan fingerprint density at radius 1 is 1.06 bits per heavy atom. The molecule has 0 heterocycles. The van der Waals surface area contributed by atoms with Crippen LogP contribution in [0.4, 0.5) is 0 Å². The zero-order valence-corrected chi connectivity index (χ0v) is 9.20. The van der Waals surface area contributed by atoms with Crippen LogP contribution in [-0.4, -0.2) is 0 Å². The molecule has 2 aromatic rings. The SMILES string of the molecule is CC1C=CC2=Cc3cccc4ccc1c2c34. The lowest BCUT2D eigenvalue weighted by atomic mass is 9.85. The molecule has 0 saturated carbocycles. The van der Waals surface area contributed by atoms with Gasteiger partial charge in [-0.2, -0.15) is 0 Å². The van der Waals surface area contributed by atoms with Gasteiger partial charge in [-0.25, -0.2) is 0 Å². The van der Waals surface area contributed by atoms with E-state index in [2.05, 4.69) is 55.5 Å². The fraction of sp³-hybridized carbons (Fsp3) is 0.125. The van der Waals surface area contributed by atoms with E-state index in [1.165, 1.54) is 33.0 Å². The van der Waals surface area contributed by atoms with Crippen LogP contribution in [0, 0.1) is 0 Å². The van der Waals surface area contributed by atoms with Gasteiger partial charge in [-0.05, 0) is 45.0 Å². The topological polar surface area (TPSA) is 0 Å². The highest BCUT2D eigenvalue weighted by atomic mass is 14.3. The van der Waals surface area contributed by atoms with Gasteiger partial charge < -0.3 is 0 Å². The summed E-state index contributed by atoms with van der Waals surface area (Å²) in [5.74, 6) is 0.544. The van der Waals surface area contributed by atoms with Crippen LogP contribution in [0.3, 0.4) is 0 Å². The predicted octanol–water partition coefficient (Wildman–Crippen LogP) is 4.37. The van der Waals surface area contributed by atoms with E-state index in [1.54, 1.807) is 0 Å². The molecule has 76 valence electrons. The lowest BCUT2D eigenvalue weighted by molar-refractivity contribution is 0.958. The van der Waals surface area contributed by atoms with E-state index in [1.807, 2.05) is 0 Å². The van der Waals surface area contributed by atoms with E-state index in [9.17, 15) is 0 Å². The highest BCUT2D eigenvalue weighted by molar-refractivity contribution is 6.13. The van der Waals surface area contributed by atoms with Crippen LogP contribution in [0.25, 0.3) is 22.4 Å². The summed E-state index contributed by atoms with van der Waals surface area (Å²) in [5.41, 5.74) is 5.72. The normalized spacial score (nSPS) is 20.3. The number of allylic oxidation sites excluding steroid dienone is 3. The molecule has 2 aliphatic rings. The van der Waals surface area contributed by atoms with Gasteiger partial charge in [0.05, 0.1) is 0 Å². The van der Waals surface area contributed by atoms with E-state index in [0.717, 1.165) is 0 Å². The van der Waals surface area contributed by atoms with E-state index in [-0.39, 0.29) is 0 Å². The van der Waals surface area contributed by atoms with Crippen molar-refractivity contribution in [1.29, 1.82) is 0 Å². The molecule has 0 heteroatoms. The van der Waals surface area contributed by atoms with Gasteiger partial charge in [-0.15, -0.1) is 0 Å². The van der Waals surface area contributed by atoms with Crippen LogP contribution < -0.4 is 0 Å². The Kier molecular flexibility index (Phi) is 1.38. The predicted molar refractivity (Wildman–Crippen MR) is 69.4 cm³/mol. The summed E-state index contributed by atoms with van der Waals surface area (Å²) in [5, 5.41) is 2.82. The van der Waals surface area contributed by atoms with Gasteiger partial charge in [0.2, 0.25) is 0 Å². The molecule has 0 aliphatic heterocycles. The first-order valence-corrected chi connectivity index (χ1v) is 5.80. The molecule has 0 fully saturated rings. The Morgan fingerprint density at radius 2 is 2.00 bits per heavy atom. The molecule has 0 saturated heterocycles. The Labute approximate surface area is 94.9 Å². The van der Waals surface area contributed by atoms with E-state index in [4.69, 9.17) is 0 Å². The third-order valence-electron chi connectivity index (χ3n) is 3.76. The maximum atomic E-state index is 2.31. The molecular formula is C16H12. The number of hydrogen-bond donors (Lipinski definition) is 0. The lowest BCUT2D eigenvalue weighted by Crippen LogP contribution is -1.99. The highest BCUT2D eigenvalue weighted by Gasteiger charge is 2.22. The van der Waals surface area contributed by atoms with Crippen molar-refractivity contribution in [3.63, 3.8) is 0 Å². The Hall–Kier alpha value is -1.82. The number of rotatable bonds is 0. The fourth-order valence-electron chi connectivity index (χ4n) is 2.96. The summed E-state index contributed by atoms with van der Waals surface area (Å²) in [6, 6.07) is 11.1. The summed E-state index contributed by atoms with van der Waals surface area (Å²) >= 11 is 0. The summed E-state index contributed by atoms with van der Waals surface area (Å²) in [4.78, 5) is 0. The second-order valence-corrected chi connectivity index (χ2v) is 4.72. The van der Waals surface area contributed by atoms with Crippen LogP contribution in [0.2, 0.25) is 0 Å². The molecule has 0 amide bonds. The van der Waals surface area contributed by atoms with Gasteiger partial charge in [0.1, 0.15) is 0 Å². The second kappa shape index (κ2) is 2.65. The third kappa shape index (κ3) is 0.856. The van der Waals surface area contributed by atoms with Crippen molar-refractivity contribution >= 4 is 22.4 Å². The van der Waals surface area contributed by atoms with Crippen molar-refractivity contribution in [1.82, 2.24) is 0 Å². The molecule has 16 heavy (non-hydrogen) atoms. The maximum absolute atomic E-state index is 2.31. The quantitative estimate of drug-likeness (QED) is 0.598. The molecule has 0 bridgehead atoms. The average molecular weight is 204 g/mol. The molecule has 0 spiro atoms. The van der Waals surface area contributed by atoms with E-state index in [0.29, 0.717) is 5.92 Å². The number of benzene rings is 2. The second-order valence-electron chi connectivity index (χ2n) is 4.72. The van der Waals surface area contributed by atoms with Crippen molar-refractivity contribution in [2.75, 3.05) is 0 Å². The minimum Gasteiger partial charge on any atom is -0.0766 e. The van der Waals surface area contributed by atoms with Crippen molar-refractivity contribution in [2.45, 2.75) is 12.8 Å². The van der Waals surface area contributed by atoms with Crippen molar-refractivity contribution in [3.05, 3.63) is 59.2 Å². The van der Waals surface area contributed by atoms with Crippen molar-refractivity contribution in [2.24, 2.45) is 0 Å². The van der Waals surface area contributed by atoms with Crippen LogP contribution in [0.1, 0.15) is 29.5 Å². The van der Waals surface area contributed by atoms with Crippen molar-refractivity contribution < 1.29 is 0 Å². The monoisotopic (exact) mass is 204 g/mol. The molecule has 0 nitrogen and oxygen atoms in total. The van der Waals surface area contributed by atoms with E-state index >= 15 is 0 Å². The van der Waals surface area contributed by atoms with E-state index < -0.39 is 0 Å². The summed E-state index contributed by atoms with van der Waals surface area (Å²) in [6.07, 6.45) is 6.88. The Balaban J connectivity index is 2.26. The minimum absolute atomic E-state index is 0.544. The fourth-order valence-corrected chi connectivity index (χ4v) is 2.96. The van der Waals surface area contributed by atoms with Crippen LogP contribution in [-0.2, 0) is 0 Å².